The number of nitrogens with one attached hydrogen (secondary N) is 2. The van der Waals surface area contributed by atoms with Gasteiger partial charge in [-0.1, -0.05) is 13.8 Å². The maximum Gasteiger partial charge on any atom is 0.239 e. The molecule has 0 fully saturated rings. The number of nitrogens with zero attached hydrogens (tertiary/aromatic N) is 3. The molecule has 7 nitrogen and oxygen atoms in total. The highest BCUT2D eigenvalue weighted by Crippen LogP contribution is 2.22. The Labute approximate surface area is 126 Å². The van der Waals surface area contributed by atoms with E-state index in [-0.39, 0.29) is 12.5 Å². The van der Waals surface area contributed by atoms with Crippen molar-refractivity contribution in [1.82, 2.24) is 15.3 Å². The third-order valence-electron chi connectivity index (χ3n) is 3.09. The number of carbonyl (C=O) groups is 1. The molecule has 0 bridgehead atoms. The number of aryl methyl sites for hydroxylation is 1. The molecule has 21 heavy (non-hydrogen) atoms. The van der Waals surface area contributed by atoms with Crippen LogP contribution in [0.15, 0.2) is 0 Å². The second-order valence-corrected chi connectivity index (χ2v) is 5.04. The Morgan fingerprint density at radius 1 is 1.29 bits per heavy atom. The molecule has 1 aromatic rings. The van der Waals surface area contributed by atoms with E-state index in [4.69, 9.17) is 5.84 Å². The van der Waals surface area contributed by atoms with Gasteiger partial charge in [-0.3, -0.25) is 4.79 Å². The Morgan fingerprint density at radius 3 is 2.57 bits per heavy atom. The van der Waals surface area contributed by atoms with Crippen molar-refractivity contribution in [3.05, 3.63) is 11.4 Å². The fraction of sp³-hybridized carbons (Fsp3) is 0.643. The molecule has 118 valence electrons. The monoisotopic (exact) mass is 294 g/mol. The summed E-state index contributed by atoms with van der Waals surface area (Å²) in [4.78, 5) is 22.6. The SMILES string of the molecule is CCCNC(=O)CN(C)c1nc(CCC)nc(NN)c1C. The van der Waals surface area contributed by atoms with Crippen LogP contribution in [0.3, 0.4) is 0 Å². The zero-order valence-corrected chi connectivity index (χ0v) is 13.4. The van der Waals surface area contributed by atoms with E-state index < -0.39 is 0 Å². The number of likely N-dealkylation sites (N-methyl/N-ethyl adjacent to an activating group) is 1. The fourth-order valence-electron chi connectivity index (χ4n) is 2.01. The summed E-state index contributed by atoms with van der Waals surface area (Å²) in [5, 5.41) is 2.86. The Morgan fingerprint density at radius 2 is 2.00 bits per heavy atom. The van der Waals surface area contributed by atoms with E-state index >= 15 is 0 Å². The van der Waals surface area contributed by atoms with Crippen LogP contribution in [0.2, 0.25) is 0 Å². The first kappa shape index (κ1) is 17.2. The van der Waals surface area contributed by atoms with Gasteiger partial charge in [0.2, 0.25) is 5.91 Å². The summed E-state index contributed by atoms with van der Waals surface area (Å²) in [6.45, 7) is 6.93. The summed E-state index contributed by atoms with van der Waals surface area (Å²) < 4.78 is 0. The van der Waals surface area contributed by atoms with Crippen LogP contribution in [0.1, 0.15) is 38.1 Å². The molecule has 1 heterocycles. The van der Waals surface area contributed by atoms with E-state index in [1.807, 2.05) is 25.8 Å². The first-order valence-corrected chi connectivity index (χ1v) is 7.35. The van der Waals surface area contributed by atoms with Gasteiger partial charge in [0.25, 0.3) is 0 Å². The number of nitrogen functional groups attached to an aromatic ring is 1. The molecule has 1 rings (SSSR count). The second kappa shape index (κ2) is 8.41. The zero-order chi connectivity index (χ0) is 15.8. The lowest BCUT2D eigenvalue weighted by molar-refractivity contribution is -0.119. The summed E-state index contributed by atoms with van der Waals surface area (Å²) in [5.41, 5.74) is 3.43. The Hall–Kier alpha value is -1.89. The number of anilines is 2. The maximum absolute atomic E-state index is 11.8. The van der Waals surface area contributed by atoms with Gasteiger partial charge in [-0.15, -0.1) is 0 Å². The van der Waals surface area contributed by atoms with E-state index in [0.29, 0.717) is 12.4 Å². The molecule has 0 aliphatic heterocycles. The summed E-state index contributed by atoms with van der Waals surface area (Å²) in [7, 11) is 1.84. The third kappa shape index (κ3) is 4.86. The molecule has 0 radical (unpaired) electrons. The molecule has 0 saturated carbocycles. The van der Waals surface area contributed by atoms with Crippen LogP contribution in [0.25, 0.3) is 0 Å². The van der Waals surface area contributed by atoms with Gasteiger partial charge >= 0.3 is 0 Å². The molecule has 0 saturated heterocycles. The van der Waals surface area contributed by atoms with Gasteiger partial charge in [-0.25, -0.2) is 15.8 Å². The lowest BCUT2D eigenvalue weighted by Crippen LogP contribution is -2.36. The van der Waals surface area contributed by atoms with Crippen LogP contribution in [0.4, 0.5) is 11.6 Å². The molecule has 0 atom stereocenters. The van der Waals surface area contributed by atoms with Gasteiger partial charge in [-0.05, 0) is 19.8 Å². The number of hydrazine groups is 1. The van der Waals surface area contributed by atoms with Gasteiger partial charge in [0.15, 0.2) is 0 Å². The number of hydrogen-bond donors (Lipinski definition) is 3. The van der Waals surface area contributed by atoms with Gasteiger partial charge in [-0.2, -0.15) is 0 Å². The van der Waals surface area contributed by atoms with Crippen molar-refractivity contribution in [3.63, 3.8) is 0 Å². The average molecular weight is 294 g/mol. The van der Waals surface area contributed by atoms with Crippen molar-refractivity contribution < 1.29 is 4.79 Å². The summed E-state index contributed by atoms with van der Waals surface area (Å²) >= 11 is 0. The van der Waals surface area contributed by atoms with Crippen molar-refractivity contribution in [2.45, 2.75) is 40.0 Å². The molecular formula is C14H26N6O. The van der Waals surface area contributed by atoms with Crippen molar-refractivity contribution in [2.24, 2.45) is 5.84 Å². The molecule has 0 spiro atoms. The zero-order valence-electron chi connectivity index (χ0n) is 13.4. The molecule has 0 aliphatic rings. The third-order valence-corrected chi connectivity index (χ3v) is 3.09. The normalized spacial score (nSPS) is 10.3. The minimum Gasteiger partial charge on any atom is -0.355 e. The number of amides is 1. The number of hydrogen-bond acceptors (Lipinski definition) is 6. The Balaban J connectivity index is 2.93. The van der Waals surface area contributed by atoms with Crippen LogP contribution in [-0.4, -0.2) is 36.0 Å². The van der Waals surface area contributed by atoms with E-state index in [0.717, 1.165) is 36.5 Å². The van der Waals surface area contributed by atoms with E-state index in [1.54, 1.807) is 0 Å². The Bertz CT molecular complexity index is 477. The Kier molecular flexibility index (Phi) is 6.87. The van der Waals surface area contributed by atoms with E-state index in [2.05, 4.69) is 27.6 Å². The molecule has 0 aliphatic carbocycles. The molecule has 4 N–H and O–H groups in total. The lowest BCUT2D eigenvalue weighted by atomic mass is 10.2. The molecule has 1 amide bonds. The molecule has 7 heteroatoms. The summed E-state index contributed by atoms with van der Waals surface area (Å²) in [6.07, 6.45) is 2.65. The fourth-order valence-corrected chi connectivity index (χ4v) is 2.01. The van der Waals surface area contributed by atoms with Gasteiger partial charge in [0.1, 0.15) is 17.5 Å². The molecule has 1 aromatic heterocycles. The second-order valence-electron chi connectivity index (χ2n) is 5.04. The van der Waals surface area contributed by atoms with Crippen LogP contribution in [-0.2, 0) is 11.2 Å². The predicted octanol–water partition coefficient (Wildman–Crippen LogP) is 0.986. The van der Waals surface area contributed by atoms with Crippen LogP contribution < -0.4 is 21.5 Å². The van der Waals surface area contributed by atoms with Crippen LogP contribution >= 0.6 is 0 Å². The molecule has 0 unspecified atom stereocenters. The van der Waals surface area contributed by atoms with Gasteiger partial charge in [0.05, 0.1) is 6.54 Å². The maximum atomic E-state index is 11.8. The summed E-state index contributed by atoms with van der Waals surface area (Å²) in [5.74, 6) is 7.56. The lowest BCUT2D eigenvalue weighted by Gasteiger charge is -2.21. The highest BCUT2D eigenvalue weighted by Gasteiger charge is 2.15. The number of carbonyl (C=O) groups excluding carboxylic acids is 1. The number of aromatic nitrogens is 2. The van der Waals surface area contributed by atoms with Crippen molar-refractivity contribution >= 4 is 17.5 Å². The quantitative estimate of drug-likeness (QED) is 0.489. The highest BCUT2D eigenvalue weighted by molar-refractivity contribution is 5.81. The minimum absolute atomic E-state index is 0.0170. The molecular weight excluding hydrogens is 268 g/mol. The number of nitrogens with two attached hydrogens (primary N) is 1. The average Bonchev–Trinajstić information content (AvgIpc) is 2.46. The largest absolute Gasteiger partial charge is 0.355 e. The first-order chi connectivity index (χ1) is 10.0. The molecule has 0 aromatic carbocycles. The van der Waals surface area contributed by atoms with E-state index in [9.17, 15) is 4.79 Å². The van der Waals surface area contributed by atoms with Gasteiger partial charge in [0, 0.05) is 25.6 Å². The standard InChI is InChI=1S/C14H26N6O/c1-5-7-11-17-13(19-15)10(3)14(18-11)20(4)9-12(21)16-8-6-2/h5-9,15H2,1-4H3,(H,16,21)(H,17,18,19). The van der Waals surface area contributed by atoms with E-state index in [1.165, 1.54) is 0 Å². The van der Waals surface area contributed by atoms with Crippen molar-refractivity contribution in [3.8, 4) is 0 Å². The smallest absolute Gasteiger partial charge is 0.239 e. The van der Waals surface area contributed by atoms with Crippen LogP contribution in [0.5, 0.6) is 0 Å². The summed E-state index contributed by atoms with van der Waals surface area (Å²) in [6, 6.07) is 0. The predicted molar refractivity (Wildman–Crippen MR) is 85.1 cm³/mol. The van der Waals surface area contributed by atoms with Gasteiger partial charge < -0.3 is 15.6 Å². The topological polar surface area (TPSA) is 96.2 Å². The first-order valence-electron chi connectivity index (χ1n) is 7.35. The van der Waals surface area contributed by atoms with Crippen molar-refractivity contribution in [1.29, 1.82) is 0 Å². The highest BCUT2D eigenvalue weighted by atomic mass is 16.2. The van der Waals surface area contributed by atoms with Crippen LogP contribution in [0, 0.1) is 6.92 Å². The minimum atomic E-state index is -0.0170. The number of rotatable bonds is 8. The van der Waals surface area contributed by atoms with Crippen molar-refractivity contribution in [2.75, 3.05) is 30.5 Å².